The third kappa shape index (κ3) is 3.83. The molecule has 21 heavy (non-hydrogen) atoms. The summed E-state index contributed by atoms with van der Waals surface area (Å²) in [6, 6.07) is 11.6. The summed E-state index contributed by atoms with van der Waals surface area (Å²) in [4.78, 5) is 22.9. The third-order valence-corrected chi connectivity index (χ3v) is 3.31. The molecule has 2 aromatic rings. The molecule has 0 bridgehead atoms. The molecule has 0 saturated heterocycles. The van der Waals surface area contributed by atoms with Gasteiger partial charge in [-0.15, -0.1) is 0 Å². The minimum atomic E-state index is -0.996. The molecule has 0 aliphatic heterocycles. The van der Waals surface area contributed by atoms with E-state index in [9.17, 15) is 9.59 Å². The van der Waals surface area contributed by atoms with Crippen molar-refractivity contribution in [2.24, 2.45) is 0 Å². The average Bonchev–Trinajstić information content (AvgIpc) is 2.45. The Balaban J connectivity index is 2.07. The number of hydrogen-bond donors (Lipinski definition) is 2. The van der Waals surface area contributed by atoms with Crippen LogP contribution in [0.3, 0.4) is 0 Å². The zero-order chi connectivity index (χ0) is 15.4. The van der Waals surface area contributed by atoms with Gasteiger partial charge in [-0.3, -0.25) is 4.79 Å². The summed E-state index contributed by atoms with van der Waals surface area (Å²) in [5.74, 6) is -1.29. The summed E-state index contributed by atoms with van der Waals surface area (Å²) in [7, 11) is 0. The normalized spacial score (nSPS) is 10.2. The maximum atomic E-state index is 12.1. The van der Waals surface area contributed by atoms with Gasteiger partial charge in [0.15, 0.2) is 0 Å². The number of carbonyl (C=O) groups excluding carboxylic acids is 1. The van der Waals surface area contributed by atoms with E-state index in [2.05, 4.69) is 5.32 Å². The first-order valence-electron chi connectivity index (χ1n) is 6.34. The lowest BCUT2D eigenvalue weighted by Gasteiger charge is -2.08. The second-order valence-corrected chi connectivity index (χ2v) is 5.08. The van der Waals surface area contributed by atoms with Gasteiger partial charge in [0.25, 0.3) is 5.91 Å². The number of aromatic carboxylic acids is 1. The van der Waals surface area contributed by atoms with E-state index in [1.807, 2.05) is 13.0 Å². The van der Waals surface area contributed by atoms with Crippen molar-refractivity contribution in [1.29, 1.82) is 0 Å². The molecule has 0 unspecified atom stereocenters. The van der Waals surface area contributed by atoms with Gasteiger partial charge in [-0.2, -0.15) is 0 Å². The Morgan fingerprint density at radius 2 is 1.95 bits per heavy atom. The number of hydrogen-bond acceptors (Lipinski definition) is 2. The summed E-state index contributed by atoms with van der Waals surface area (Å²) in [5, 5.41) is 12.0. The molecule has 4 nitrogen and oxygen atoms in total. The lowest BCUT2D eigenvalue weighted by Crippen LogP contribution is -2.23. The maximum Gasteiger partial charge on any atom is 0.335 e. The molecular formula is C16H14ClNO3. The van der Waals surface area contributed by atoms with Crippen LogP contribution in [0.4, 0.5) is 0 Å². The van der Waals surface area contributed by atoms with Crippen molar-refractivity contribution in [3.63, 3.8) is 0 Å². The zero-order valence-corrected chi connectivity index (χ0v) is 12.1. The van der Waals surface area contributed by atoms with Crippen LogP contribution in [0.1, 0.15) is 31.8 Å². The highest BCUT2D eigenvalue weighted by molar-refractivity contribution is 6.33. The Labute approximate surface area is 127 Å². The molecule has 2 rings (SSSR count). The Morgan fingerprint density at radius 3 is 2.62 bits per heavy atom. The molecule has 0 aromatic heterocycles. The van der Waals surface area contributed by atoms with Crippen LogP contribution >= 0.6 is 11.6 Å². The monoisotopic (exact) mass is 303 g/mol. The van der Waals surface area contributed by atoms with Crippen molar-refractivity contribution < 1.29 is 14.7 Å². The number of benzene rings is 2. The maximum absolute atomic E-state index is 12.1. The van der Waals surface area contributed by atoms with E-state index in [-0.39, 0.29) is 18.0 Å². The SMILES string of the molecule is Cc1ccc(C(=O)NCc2cccc(C(=O)O)c2)c(Cl)c1. The largest absolute Gasteiger partial charge is 0.478 e. The number of halogens is 1. The first-order valence-corrected chi connectivity index (χ1v) is 6.72. The highest BCUT2D eigenvalue weighted by atomic mass is 35.5. The minimum Gasteiger partial charge on any atom is -0.478 e. The van der Waals surface area contributed by atoms with Crippen LogP contribution in [0.2, 0.25) is 5.02 Å². The van der Waals surface area contributed by atoms with Crippen molar-refractivity contribution in [2.75, 3.05) is 0 Å². The molecular weight excluding hydrogens is 290 g/mol. The molecule has 0 radical (unpaired) electrons. The van der Waals surface area contributed by atoms with Gasteiger partial charge in [0.05, 0.1) is 16.1 Å². The fourth-order valence-electron chi connectivity index (χ4n) is 1.90. The molecule has 0 spiro atoms. The van der Waals surface area contributed by atoms with E-state index >= 15 is 0 Å². The van der Waals surface area contributed by atoms with Crippen molar-refractivity contribution in [3.05, 3.63) is 69.7 Å². The number of amides is 1. The topological polar surface area (TPSA) is 66.4 Å². The highest BCUT2D eigenvalue weighted by Gasteiger charge is 2.10. The van der Waals surface area contributed by atoms with E-state index in [1.165, 1.54) is 12.1 Å². The van der Waals surface area contributed by atoms with Gasteiger partial charge in [0.2, 0.25) is 0 Å². The standard InChI is InChI=1S/C16H14ClNO3/c1-10-5-6-13(14(17)7-10)15(19)18-9-11-3-2-4-12(8-11)16(20)21/h2-8H,9H2,1H3,(H,18,19)(H,20,21). The Bertz CT molecular complexity index is 698. The molecule has 0 saturated carbocycles. The summed E-state index contributed by atoms with van der Waals surface area (Å²) >= 11 is 6.03. The molecule has 0 atom stereocenters. The van der Waals surface area contributed by atoms with E-state index in [0.717, 1.165) is 5.56 Å². The Hall–Kier alpha value is -2.33. The van der Waals surface area contributed by atoms with Gasteiger partial charge >= 0.3 is 5.97 Å². The summed E-state index contributed by atoms with van der Waals surface area (Å²) in [6.45, 7) is 2.13. The molecule has 5 heteroatoms. The van der Waals surface area contributed by atoms with E-state index in [1.54, 1.807) is 24.3 Å². The molecule has 1 amide bonds. The van der Waals surface area contributed by atoms with Gasteiger partial charge in [-0.25, -0.2) is 4.79 Å². The van der Waals surface area contributed by atoms with Crippen LogP contribution < -0.4 is 5.32 Å². The number of nitrogens with one attached hydrogen (secondary N) is 1. The number of carboxylic acids is 1. The fraction of sp³-hybridized carbons (Fsp3) is 0.125. The molecule has 2 aromatic carbocycles. The first kappa shape index (κ1) is 15.1. The zero-order valence-electron chi connectivity index (χ0n) is 11.4. The highest BCUT2D eigenvalue weighted by Crippen LogP contribution is 2.17. The second-order valence-electron chi connectivity index (χ2n) is 4.67. The lowest BCUT2D eigenvalue weighted by molar-refractivity contribution is 0.0696. The molecule has 2 N–H and O–H groups in total. The van der Waals surface area contributed by atoms with Crippen LogP contribution in [-0.2, 0) is 6.54 Å². The van der Waals surface area contributed by atoms with E-state index in [4.69, 9.17) is 16.7 Å². The number of aryl methyl sites for hydroxylation is 1. The van der Waals surface area contributed by atoms with Crippen LogP contribution in [0, 0.1) is 6.92 Å². The number of rotatable bonds is 4. The molecule has 0 aliphatic carbocycles. The van der Waals surface area contributed by atoms with Crippen LogP contribution in [0.5, 0.6) is 0 Å². The van der Waals surface area contributed by atoms with Crippen molar-refractivity contribution in [3.8, 4) is 0 Å². The van der Waals surface area contributed by atoms with Crippen molar-refractivity contribution in [1.82, 2.24) is 5.32 Å². The summed E-state index contributed by atoms with van der Waals surface area (Å²) in [6.07, 6.45) is 0. The summed E-state index contributed by atoms with van der Waals surface area (Å²) in [5.41, 5.74) is 2.28. The Morgan fingerprint density at radius 1 is 1.19 bits per heavy atom. The van der Waals surface area contributed by atoms with Crippen LogP contribution in [0.25, 0.3) is 0 Å². The molecule has 0 fully saturated rings. The quantitative estimate of drug-likeness (QED) is 0.911. The van der Waals surface area contributed by atoms with E-state index in [0.29, 0.717) is 16.1 Å². The van der Waals surface area contributed by atoms with Crippen molar-refractivity contribution >= 4 is 23.5 Å². The predicted molar refractivity (Wildman–Crippen MR) is 80.8 cm³/mol. The predicted octanol–water partition coefficient (Wildman–Crippen LogP) is 3.28. The molecule has 0 heterocycles. The smallest absolute Gasteiger partial charge is 0.335 e. The Kier molecular flexibility index (Phi) is 4.60. The average molecular weight is 304 g/mol. The summed E-state index contributed by atoms with van der Waals surface area (Å²) < 4.78 is 0. The fourth-order valence-corrected chi connectivity index (χ4v) is 2.22. The molecule has 0 aliphatic rings. The van der Waals surface area contributed by atoms with Crippen molar-refractivity contribution in [2.45, 2.75) is 13.5 Å². The molecule has 108 valence electrons. The van der Waals surface area contributed by atoms with Gasteiger partial charge in [0.1, 0.15) is 0 Å². The van der Waals surface area contributed by atoms with Crippen LogP contribution in [0.15, 0.2) is 42.5 Å². The number of carboxylic acid groups (broad SMARTS) is 1. The third-order valence-electron chi connectivity index (χ3n) is 3.00. The van der Waals surface area contributed by atoms with E-state index < -0.39 is 5.97 Å². The van der Waals surface area contributed by atoms with Gasteiger partial charge < -0.3 is 10.4 Å². The second kappa shape index (κ2) is 6.41. The van der Waals surface area contributed by atoms with Gasteiger partial charge in [-0.05, 0) is 42.3 Å². The van der Waals surface area contributed by atoms with Gasteiger partial charge in [-0.1, -0.05) is 29.8 Å². The van der Waals surface area contributed by atoms with Crippen LogP contribution in [-0.4, -0.2) is 17.0 Å². The number of carbonyl (C=O) groups is 2. The first-order chi connectivity index (χ1) is 9.97. The lowest BCUT2D eigenvalue weighted by atomic mass is 10.1. The minimum absolute atomic E-state index is 0.190. The van der Waals surface area contributed by atoms with Gasteiger partial charge in [0, 0.05) is 6.54 Å².